The highest BCUT2D eigenvalue weighted by Gasteiger charge is 2.82. The minimum Gasteiger partial charge on any atom is -0.196 e. The molecule has 18 heavy (non-hydrogen) atoms. The number of rotatable bonds is 1. The molecular weight excluding hydrogens is 248 g/mol. The third-order valence-electron chi connectivity index (χ3n) is 3.33. The molecular formula is C13H5ClN4. The van der Waals surface area contributed by atoms with Gasteiger partial charge < -0.3 is 0 Å². The van der Waals surface area contributed by atoms with Gasteiger partial charge in [-0.2, -0.15) is 21.0 Å². The third kappa shape index (κ3) is 1.11. The Labute approximate surface area is 109 Å². The van der Waals surface area contributed by atoms with Crippen LogP contribution in [0.15, 0.2) is 24.3 Å². The standard InChI is InChI=1S/C13H5ClN4/c14-10-4-2-1-3-9(10)11-12(5-15,6-16)13(11,7-17)8-18/h1-4,11H. The van der Waals surface area contributed by atoms with Crippen molar-refractivity contribution >= 4 is 11.6 Å². The predicted molar refractivity (Wildman–Crippen MR) is 61.5 cm³/mol. The van der Waals surface area contributed by atoms with Gasteiger partial charge in [-0.15, -0.1) is 0 Å². The normalized spacial score (nSPS) is 18.7. The summed E-state index contributed by atoms with van der Waals surface area (Å²) in [6, 6.07) is 13.9. The van der Waals surface area contributed by atoms with Crippen molar-refractivity contribution in [3.8, 4) is 24.3 Å². The zero-order chi connectivity index (χ0) is 13.4. The first-order valence-corrected chi connectivity index (χ1v) is 5.40. The van der Waals surface area contributed by atoms with Crippen molar-refractivity contribution < 1.29 is 0 Å². The van der Waals surface area contributed by atoms with Crippen molar-refractivity contribution in [2.24, 2.45) is 10.8 Å². The summed E-state index contributed by atoms with van der Waals surface area (Å²) in [4.78, 5) is 0. The Balaban J connectivity index is 2.67. The molecule has 0 bridgehead atoms. The minimum atomic E-state index is -1.64. The van der Waals surface area contributed by atoms with Crippen LogP contribution in [0.3, 0.4) is 0 Å². The molecule has 84 valence electrons. The maximum Gasteiger partial charge on any atom is 0.185 e. The molecule has 1 saturated carbocycles. The summed E-state index contributed by atoms with van der Waals surface area (Å²) in [6.07, 6.45) is 0. The summed E-state index contributed by atoms with van der Waals surface area (Å²) in [5, 5.41) is 37.0. The molecule has 1 fully saturated rings. The van der Waals surface area contributed by atoms with E-state index in [4.69, 9.17) is 32.6 Å². The Morgan fingerprint density at radius 3 is 1.72 bits per heavy atom. The van der Waals surface area contributed by atoms with Crippen molar-refractivity contribution in [2.45, 2.75) is 5.92 Å². The summed E-state index contributed by atoms with van der Waals surface area (Å²) >= 11 is 6.00. The first-order valence-electron chi connectivity index (χ1n) is 5.03. The highest BCUT2D eigenvalue weighted by atomic mass is 35.5. The van der Waals surface area contributed by atoms with E-state index >= 15 is 0 Å². The van der Waals surface area contributed by atoms with E-state index in [-0.39, 0.29) is 0 Å². The van der Waals surface area contributed by atoms with Crippen LogP contribution < -0.4 is 0 Å². The Kier molecular flexibility index (Phi) is 2.49. The topological polar surface area (TPSA) is 95.2 Å². The number of nitriles is 4. The molecule has 0 aromatic heterocycles. The zero-order valence-corrected chi connectivity index (χ0v) is 9.81. The SMILES string of the molecule is N#CC1(C#N)C(c2ccccc2Cl)C1(C#N)C#N. The van der Waals surface area contributed by atoms with Crippen molar-refractivity contribution in [3.63, 3.8) is 0 Å². The number of nitrogens with zero attached hydrogens (tertiary/aromatic N) is 4. The van der Waals surface area contributed by atoms with Gasteiger partial charge >= 0.3 is 0 Å². The maximum absolute atomic E-state index is 9.16. The zero-order valence-electron chi connectivity index (χ0n) is 9.05. The van der Waals surface area contributed by atoms with Crippen LogP contribution in [0, 0.1) is 56.2 Å². The number of hydrogen-bond acceptors (Lipinski definition) is 4. The first-order chi connectivity index (χ1) is 8.63. The smallest absolute Gasteiger partial charge is 0.185 e. The highest BCUT2D eigenvalue weighted by Crippen LogP contribution is 2.73. The highest BCUT2D eigenvalue weighted by molar-refractivity contribution is 6.31. The molecule has 0 atom stereocenters. The molecule has 1 aliphatic carbocycles. The molecule has 0 amide bonds. The van der Waals surface area contributed by atoms with Crippen LogP contribution >= 0.6 is 11.6 Å². The fourth-order valence-electron chi connectivity index (χ4n) is 2.31. The lowest BCUT2D eigenvalue weighted by Crippen LogP contribution is -2.05. The lowest BCUT2D eigenvalue weighted by atomic mass is 9.98. The van der Waals surface area contributed by atoms with E-state index in [9.17, 15) is 0 Å². The van der Waals surface area contributed by atoms with Gasteiger partial charge in [0.1, 0.15) is 0 Å². The molecule has 0 unspecified atom stereocenters. The minimum absolute atomic E-state index is 0.352. The molecule has 2 rings (SSSR count). The van der Waals surface area contributed by atoms with Crippen LogP contribution in [0.5, 0.6) is 0 Å². The van der Waals surface area contributed by atoms with E-state index in [0.29, 0.717) is 10.6 Å². The van der Waals surface area contributed by atoms with Gasteiger partial charge in [0.05, 0.1) is 30.2 Å². The number of halogens is 1. The van der Waals surface area contributed by atoms with Crippen LogP contribution in [0.25, 0.3) is 0 Å². The van der Waals surface area contributed by atoms with Gasteiger partial charge in [-0.05, 0) is 11.6 Å². The van der Waals surface area contributed by atoms with Crippen LogP contribution in [0.1, 0.15) is 11.5 Å². The molecule has 4 nitrogen and oxygen atoms in total. The van der Waals surface area contributed by atoms with E-state index < -0.39 is 16.7 Å². The molecule has 1 aromatic carbocycles. The average molecular weight is 253 g/mol. The van der Waals surface area contributed by atoms with Gasteiger partial charge in [-0.1, -0.05) is 29.8 Å². The largest absolute Gasteiger partial charge is 0.196 e. The van der Waals surface area contributed by atoms with Gasteiger partial charge in [0.2, 0.25) is 0 Å². The fourth-order valence-corrected chi connectivity index (χ4v) is 2.56. The van der Waals surface area contributed by atoms with Crippen molar-refractivity contribution in [2.75, 3.05) is 0 Å². The van der Waals surface area contributed by atoms with Gasteiger partial charge in [0.25, 0.3) is 0 Å². The third-order valence-corrected chi connectivity index (χ3v) is 3.67. The van der Waals surface area contributed by atoms with Crippen LogP contribution in [0.2, 0.25) is 5.02 Å². The lowest BCUT2D eigenvalue weighted by Gasteiger charge is -2.01. The summed E-state index contributed by atoms with van der Waals surface area (Å²) in [5.74, 6) is -0.788. The van der Waals surface area contributed by atoms with Crippen LogP contribution in [-0.4, -0.2) is 0 Å². The number of hydrogen-bond donors (Lipinski definition) is 0. The summed E-state index contributed by atoms with van der Waals surface area (Å²) in [6.45, 7) is 0. The summed E-state index contributed by atoms with van der Waals surface area (Å²) in [7, 11) is 0. The number of benzene rings is 1. The van der Waals surface area contributed by atoms with E-state index in [1.807, 2.05) is 0 Å². The second kappa shape index (κ2) is 3.75. The van der Waals surface area contributed by atoms with Crippen molar-refractivity contribution in [1.82, 2.24) is 0 Å². The molecule has 0 radical (unpaired) electrons. The van der Waals surface area contributed by atoms with E-state index in [2.05, 4.69) is 0 Å². The lowest BCUT2D eigenvalue weighted by molar-refractivity contribution is 0.727. The van der Waals surface area contributed by atoms with Crippen molar-refractivity contribution in [3.05, 3.63) is 34.9 Å². The molecule has 0 N–H and O–H groups in total. The Morgan fingerprint density at radius 2 is 1.33 bits per heavy atom. The average Bonchev–Trinajstić information content (AvgIpc) is 3.02. The fraction of sp³-hybridized carbons (Fsp3) is 0.231. The van der Waals surface area contributed by atoms with Crippen LogP contribution in [-0.2, 0) is 0 Å². The Hall–Kier alpha value is -2.53. The van der Waals surface area contributed by atoms with Gasteiger partial charge in [-0.3, -0.25) is 0 Å². The maximum atomic E-state index is 9.16. The second-order valence-corrected chi connectivity index (χ2v) is 4.42. The van der Waals surface area contributed by atoms with Crippen molar-refractivity contribution in [1.29, 1.82) is 21.0 Å². The van der Waals surface area contributed by atoms with E-state index in [1.165, 1.54) is 0 Å². The van der Waals surface area contributed by atoms with Crippen LogP contribution in [0.4, 0.5) is 0 Å². The molecule has 1 aromatic rings. The molecule has 5 heteroatoms. The quantitative estimate of drug-likeness (QED) is 0.767. The molecule has 1 aliphatic rings. The van der Waals surface area contributed by atoms with E-state index in [1.54, 1.807) is 48.5 Å². The van der Waals surface area contributed by atoms with E-state index in [0.717, 1.165) is 0 Å². The monoisotopic (exact) mass is 252 g/mol. The first kappa shape index (κ1) is 11.9. The second-order valence-electron chi connectivity index (χ2n) is 4.02. The van der Waals surface area contributed by atoms with Gasteiger partial charge in [0, 0.05) is 5.02 Å². The van der Waals surface area contributed by atoms with Gasteiger partial charge in [-0.25, -0.2) is 0 Å². The summed E-state index contributed by atoms with van der Waals surface area (Å²) in [5.41, 5.74) is -2.78. The predicted octanol–water partition coefficient (Wildman–Crippen LogP) is 2.50. The van der Waals surface area contributed by atoms with Gasteiger partial charge in [0.15, 0.2) is 10.8 Å². The Bertz CT molecular complexity index is 615. The molecule has 0 heterocycles. The molecule has 0 aliphatic heterocycles. The Morgan fingerprint density at radius 1 is 0.889 bits per heavy atom. The molecule has 0 spiro atoms. The summed E-state index contributed by atoms with van der Waals surface area (Å²) < 4.78 is 0. The molecule has 0 saturated heterocycles.